The van der Waals surface area contributed by atoms with Crippen molar-refractivity contribution in [3.63, 3.8) is 0 Å². The Labute approximate surface area is 475 Å². The smallest absolute Gasteiger partial charge is 0.220 e. The molecular formula is C64H121NO13. The van der Waals surface area contributed by atoms with Crippen LogP contribution in [0.3, 0.4) is 0 Å². The molecule has 0 saturated carbocycles. The molecule has 12 unspecified atom stereocenters. The van der Waals surface area contributed by atoms with Crippen LogP contribution in [0.25, 0.3) is 0 Å². The Morgan fingerprint density at radius 1 is 0.462 bits per heavy atom. The average molecular weight is 1110 g/mol. The monoisotopic (exact) mass is 1110 g/mol. The summed E-state index contributed by atoms with van der Waals surface area (Å²) in [6.07, 6.45) is 43.5. The van der Waals surface area contributed by atoms with E-state index >= 15 is 0 Å². The molecule has 0 aromatic carbocycles. The van der Waals surface area contributed by atoms with Crippen LogP contribution in [0.2, 0.25) is 0 Å². The topological polar surface area (TPSA) is 228 Å². The molecule has 460 valence electrons. The maximum absolute atomic E-state index is 13.2. The van der Waals surface area contributed by atoms with Crippen LogP contribution in [-0.2, 0) is 23.7 Å². The lowest BCUT2D eigenvalue weighted by atomic mass is 9.97. The van der Waals surface area contributed by atoms with Crippen molar-refractivity contribution in [1.29, 1.82) is 0 Å². The van der Waals surface area contributed by atoms with E-state index in [1.54, 1.807) is 0 Å². The Morgan fingerprint density at radius 2 is 0.872 bits per heavy atom. The third-order valence-corrected chi connectivity index (χ3v) is 16.2. The van der Waals surface area contributed by atoms with Crippen LogP contribution in [0.15, 0.2) is 24.3 Å². The van der Waals surface area contributed by atoms with Crippen LogP contribution in [0, 0.1) is 0 Å². The number of carbonyl (C=O) groups excluding carboxylic acids is 1. The number of ether oxygens (including phenoxy) is 4. The Hall–Kier alpha value is -1.53. The lowest BCUT2D eigenvalue weighted by Gasteiger charge is -2.46. The molecule has 2 rings (SSSR count). The van der Waals surface area contributed by atoms with Crippen LogP contribution in [0.5, 0.6) is 0 Å². The van der Waals surface area contributed by atoms with Crippen LogP contribution in [-0.4, -0.2) is 140 Å². The summed E-state index contributed by atoms with van der Waals surface area (Å²) in [5, 5.41) is 87.3. The van der Waals surface area contributed by atoms with Crippen molar-refractivity contribution in [1.82, 2.24) is 5.32 Å². The molecule has 0 bridgehead atoms. The third kappa shape index (κ3) is 34.8. The van der Waals surface area contributed by atoms with E-state index in [4.69, 9.17) is 18.9 Å². The van der Waals surface area contributed by atoms with Gasteiger partial charge in [-0.05, 0) is 38.5 Å². The minimum atomic E-state index is -1.78. The van der Waals surface area contributed by atoms with Crippen molar-refractivity contribution < 1.29 is 64.6 Å². The Morgan fingerprint density at radius 3 is 1.33 bits per heavy atom. The molecule has 78 heavy (non-hydrogen) atoms. The largest absolute Gasteiger partial charge is 0.394 e. The van der Waals surface area contributed by atoms with Crippen molar-refractivity contribution >= 4 is 5.91 Å². The van der Waals surface area contributed by atoms with Gasteiger partial charge in [-0.15, -0.1) is 0 Å². The van der Waals surface area contributed by atoms with Crippen molar-refractivity contribution in [3.05, 3.63) is 24.3 Å². The van der Waals surface area contributed by atoms with Gasteiger partial charge < -0.3 is 65.1 Å². The molecule has 2 heterocycles. The highest BCUT2D eigenvalue weighted by molar-refractivity contribution is 5.76. The predicted octanol–water partition coefficient (Wildman–Crippen LogP) is 12.0. The van der Waals surface area contributed by atoms with Gasteiger partial charge in [-0.2, -0.15) is 0 Å². The molecule has 0 aliphatic carbocycles. The van der Waals surface area contributed by atoms with Crippen LogP contribution >= 0.6 is 0 Å². The maximum atomic E-state index is 13.2. The first-order chi connectivity index (χ1) is 38.1. The third-order valence-electron chi connectivity index (χ3n) is 16.2. The Bertz CT molecular complexity index is 1400. The highest BCUT2D eigenvalue weighted by atomic mass is 16.7. The molecule has 0 aromatic heterocycles. The van der Waals surface area contributed by atoms with E-state index in [0.717, 1.165) is 77.0 Å². The zero-order valence-corrected chi connectivity index (χ0v) is 49.7. The fraction of sp³-hybridized carbons (Fsp3) is 0.922. The number of allylic oxidation sites excluding steroid dienone is 4. The number of aliphatic hydroxyl groups excluding tert-OH is 8. The Kier molecular flexibility index (Phi) is 46.5. The summed E-state index contributed by atoms with van der Waals surface area (Å²) in [5.41, 5.74) is 0. The molecule has 1 amide bonds. The molecule has 0 aromatic rings. The molecule has 12 atom stereocenters. The minimum absolute atomic E-state index is 0.219. The molecule has 2 aliphatic rings. The SMILES string of the molecule is CCC/C=C\C/C=C\CCCCCCCC(=O)NC(COC1OC(CO)C(OC2OC(CO)C(O)C(O)C2O)C(O)C1O)C(O)CCCCCCCCCCCCCCCCCCCCCCCCCCCCCCCCC. The van der Waals surface area contributed by atoms with Gasteiger partial charge in [0.05, 0.1) is 32.0 Å². The number of rotatable bonds is 53. The van der Waals surface area contributed by atoms with E-state index in [1.165, 1.54) is 173 Å². The molecule has 0 spiro atoms. The molecule has 0 radical (unpaired) electrons. The number of aliphatic hydroxyl groups is 8. The van der Waals surface area contributed by atoms with Crippen molar-refractivity contribution in [2.75, 3.05) is 19.8 Å². The molecule has 2 saturated heterocycles. The molecule has 2 fully saturated rings. The van der Waals surface area contributed by atoms with Gasteiger partial charge in [-0.25, -0.2) is 0 Å². The summed E-state index contributed by atoms with van der Waals surface area (Å²) in [4.78, 5) is 13.2. The molecule has 9 N–H and O–H groups in total. The lowest BCUT2D eigenvalue weighted by molar-refractivity contribution is -0.359. The fourth-order valence-electron chi connectivity index (χ4n) is 10.9. The van der Waals surface area contributed by atoms with Gasteiger partial charge in [0.25, 0.3) is 0 Å². The lowest BCUT2D eigenvalue weighted by Crippen LogP contribution is -2.65. The quantitative estimate of drug-likeness (QED) is 0.0204. The van der Waals surface area contributed by atoms with Crippen LogP contribution < -0.4 is 5.32 Å². The first kappa shape index (κ1) is 72.6. The maximum Gasteiger partial charge on any atom is 0.220 e. The number of nitrogens with one attached hydrogen (secondary N) is 1. The second-order valence-corrected chi connectivity index (χ2v) is 23.2. The summed E-state index contributed by atoms with van der Waals surface area (Å²) < 4.78 is 22.8. The molecule has 14 heteroatoms. The number of unbranched alkanes of at least 4 members (excludes halogenated alkanes) is 36. The van der Waals surface area contributed by atoms with Gasteiger partial charge in [0.2, 0.25) is 5.91 Å². The van der Waals surface area contributed by atoms with E-state index in [-0.39, 0.29) is 18.9 Å². The van der Waals surface area contributed by atoms with Gasteiger partial charge in [0.15, 0.2) is 12.6 Å². The van der Waals surface area contributed by atoms with Crippen LogP contribution in [0.4, 0.5) is 0 Å². The first-order valence-corrected chi connectivity index (χ1v) is 32.6. The van der Waals surface area contributed by atoms with Gasteiger partial charge in [-0.3, -0.25) is 4.79 Å². The van der Waals surface area contributed by atoms with Crippen molar-refractivity contribution in [2.45, 2.75) is 357 Å². The van der Waals surface area contributed by atoms with Gasteiger partial charge in [-0.1, -0.05) is 263 Å². The summed E-state index contributed by atoms with van der Waals surface area (Å²) in [6, 6.07) is -0.835. The number of amides is 1. The molecule has 14 nitrogen and oxygen atoms in total. The Balaban J connectivity index is 1.64. The molecular weight excluding hydrogens is 991 g/mol. The van der Waals surface area contributed by atoms with Gasteiger partial charge >= 0.3 is 0 Å². The van der Waals surface area contributed by atoms with Gasteiger partial charge in [0.1, 0.15) is 48.8 Å². The molecule has 2 aliphatic heterocycles. The summed E-state index contributed by atoms with van der Waals surface area (Å²) in [5.74, 6) is -0.219. The summed E-state index contributed by atoms with van der Waals surface area (Å²) >= 11 is 0. The highest BCUT2D eigenvalue weighted by Crippen LogP contribution is 2.30. The van der Waals surface area contributed by atoms with E-state index in [0.29, 0.717) is 12.8 Å². The number of carbonyl (C=O) groups is 1. The fourth-order valence-corrected chi connectivity index (χ4v) is 10.9. The second kappa shape index (κ2) is 50.0. The normalized spacial score (nSPS) is 24.6. The minimum Gasteiger partial charge on any atom is -0.394 e. The van der Waals surface area contributed by atoms with Crippen molar-refractivity contribution in [3.8, 4) is 0 Å². The first-order valence-electron chi connectivity index (χ1n) is 32.6. The van der Waals surface area contributed by atoms with E-state index in [1.807, 2.05) is 0 Å². The second-order valence-electron chi connectivity index (χ2n) is 23.2. The number of hydrogen-bond acceptors (Lipinski definition) is 13. The van der Waals surface area contributed by atoms with Gasteiger partial charge in [0, 0.05) is 6.42 Å². The predicted molar refractivity (Wildman–Crippen MR) is 314 cm³/mol. The number of hydrogen-bond donors (Lipinski definition) is 9. The van der Waals surface area contributed by atoms with Crippen molar-refractivity contribution in [2.24, 2.45) is 0 Å². The summed E-state index contributed by atoms with van der Waals surface area (Å²) in [7, 11) is 0. The average Bonchev–Trinajstić information content (AvgIpc) is 3.47. The van der Waals surface area contributed by atoms with E-state index in [9.17, 15) is 45.6 Å². The van der Waals surface area contributed by atoms with Crippen LogP contribution in [0.1, 0.15) is 284 Å². The summed E-state index contributed by atoms with van der Waals surface area (Å²) in [6.45, 7) is 2.81. The van der Waals surface area contributed by atoms with E-state index in [2.05, 4.69) is 43.5 Å². The van der Waals surface area contributed by atoms with E-state index < -0.39 is 86.8 Å². The zero-order chi connectivity index (χ0) is 56.7. The highest BCUT2D eigenvalue weighted by Gasteiger charge is 2.51. The zero-order valence-electron chi connectivity index (χ0n) is 49.7. The standard InChI is InChI=1S/C64H121NO13/c1-3-5-7-9-11-13-15-17-18-19-20-21-22-23-24-25-26-27-28-29-30-31-32-33-34-36-37-39-41-43-45-47-53(68)52(65-56(69)48-46-44-42-40-38-35-16-14-12-10-8-6-4-2)51-75-63-61(74)59(72)62(55(50-67)77-63)78-64-60(73)58(71)57(70)54(49-66)76-64/h8,10,14,16,52-55,57-64,66-68,70-74H,3-7,9,11-13,15,17-51H2,1-2H3,(H,65,69)/b10-8-,16-14-.